The molecule has 0 aromatic heterocycles. The Hall–Kier alpha value is -0.930. The number of nitrogens with zero attached hydrogens (tertiary/aromatic N) is 1. The molecule has 2 rings (SSSR count). The molecule has 1 amide bonds. The van der Waals surface area contributed by atoms with E-state index in [0.717, 1.165) is 12.8 Å². The molecule has 2 nitrogen and oxygen atoms in total. The SMILES string of the molecule is C=CC1CCN(C(=O)C2(C)CC2(F)F)CC1. The molecule has 4 heteroatoms. The molecule has 1 saturated carbocycles. The van der Waals surface area contributed by atoms with E-state index in [1.54, 1.807) is 4.90 Å². The molecule has 2 fully saturated rings. The first-order valence-electron chi connectivity index (χ1n) is 5.70. The van der Waals surface area contributed by atoms with Gasteiger partial charge in [0.15, 0.2) is 0 Å². The predicted molar refractivity (Wildman–Crippen MR) is 57.2 cm³/mol. The van der Waals surface area contributed by atoms with Gasteiger partial charge in [0, 0.05) is 19.5 Å². The number of halogens is 2. The quantitative estimate of drug-likeness (QED) is 0.666. The van der Waals surface area contributed by atoms with E-state index < -0.39 is 11.3 Å². The van der Waals surface area contributed by atoms with Crippen LogP contribution in [0.4, 0.5) is 8.78 Å². The van der Waals surface area contributed by atoms with Gasteiger partial charge in [-0.05, 0) is 25.7 Å². The average molecular weight is 229 g/mol. The summed E-state index contributed by atoms with van der Waals surface area (Å²) < 4.78 is 26.1. The molecule has 0 spiro atoms. The van der Waals surface area contributed by atoms with E-state index in [1.807, 2.05) is 6.08 Å². The van der Waals surface area contributed by atoms with Crippen molar-refractivity contribution in [3.05, 3.63) is 12.7 Å². The van der Waals surface area contributed by atoms with Crippen LogP contribution in [0.25, 0.3) is 0 Å². The molecule has 1 unspecified atom stereocenters. The van der Waals surface area contributed by atoms with E-state index in [2.05, 4.69) is 6.58 Å². The molecule has 0 radical (unpaired) electrons. The van der Waals surface area contributed by atoms with Crippen LogP contribution >= 0.6 is 0 Å². The molecule has 1 aliphatic carbocycles. The van der Waals surface area contributed by atoms with Gasteiger partial charge in [-0.15, -0.1) is 6.58 Å². The lowest BCUT2D eigenvalue weighted by molar-refractivity contribution is -0.141. The van der Waals surface area contributed by atoms with Crippen molar-refractivity contribution in [3.8, 4) is 0 Å². The van der Waals surface area contributed by atoms with E-state index in [1.165, 1.54) is 6.92 Å². The number of allylic oxidation sites excluding steroid dienone is 1. The maximum Gasteiger partial charge on any atom is 0.263 e. The highest BCUT2D eigenvalue weighted by atomic mass is 19.3. The summed E-state index contributed by atoms with van der Waals surface area (Å²) in [6.45, 7) is 6.25. The Morgan fingerprint density at radius 1 is 1.44 bits per heavy atom. The molecule has 90 valence electrons. The zero-order chi connectivity index (χ0) is 12.0. The monoisotopic (exact) mass is 229 g/mol. The molecule has 0 N–H and O–H groups in total. The number of alkyl halides is 2. The summed E-state index contributed by atoms with van der Waals surface area (Å²) in [4.78, 5) is 13.5. The minimum Gasteiger partial charge on any atom is -0.342 e. The zero-order valence-electron chi connectivity index (χ0n) is 9.51. The highest BCUT2D eigenvalue weighted by molar-refractivity contribution is 5.87. The lowest BCUT2D eigenvalue weighted by Crippen LogP contribution is -2.43. The van der Waals surface area contributed by atoms with Gasteiger partial charge in [-0.3, -0.25) is 4.79 Å². The third kappa shape index (κ3) is 1.64. The molecule has 0 aromatic carbocycles. The van der Waals surface area contributed by atoms with E-state index in [9.17, 15) is 13.6 Å². The van der Waals surface area contributed by atoms with Gasteiger partial charge in [-0.2, -0.15) is 0 Å². The minimum atomic E-state index is -2.79. The van der Waals surface area contributed by atoms with Crippen LogP contribution in [0.15, 0.2) is 12.7 Å². The van der Waals surface area contributed by atoms with Crippen molar-refractivity contribution >= 4 is 5.91 Å². The Bertz CT molecular complexity index is 321. The van der Waals surface area contributed by atoms with Gasteiger partial charge in [0.2, 0.25) is 5.91 Å². The average Bonchev–Trinajstić information content (AvgIpc) is 2.79. The van der Waals surface area contributed by atoms with E-state index in [4.69, 9.17) is 0 Å². The van der Waals surface area contributed by atoms with Crippen LogP contribution in [0.5, 0.6) is 0 Å². The van der Waals surface area contributed by atoms with Crippen molar-refractivity contribution in [1.29, 1.82) is 0 Å². The van der Waals surface area contributed by atoms with Gasteiger partial charge >= 0.3 is 0 Å². The highest BCUT2D eigenvalue weighted by Crippen LogP contribution is 2.61. The highest BCUT2D eigenvalue weighted by Gasteiger charge is 2.73. The predicted octanol–water partition coefficient (Wildman–Crippen LogP) is 2.46. The standard InChI is InChI=1S/C12H17F2NO/c1-3-9-4-6-15(7-5-9)10(16)11(2)8-12(11,13)14/h3,9H,1,4-8H2,2H3. The van der Waals surface area contributed by atoms with Crippen molar-refractivity contribution in [1.82, 2.24) is 4.90 Å². The van der Waals surface area contributed by atoms with Crippen LogP contribution in [-0.2, 0) is 4.79 Å². The Morgan fingerprint density at radius 3 is 2.31 bits per heavy atom. The second kappa shape index (κ2) is 3.54. The molecule has 0 bridgehead atoms. The summed E-state index contributed by atoms with van der Waals surface area (Å²) in [6.07, 6.45) is 3.28. The Morgan fingerprint density at radius 2 is 1.94 bits per heavy atom. The van der Waals surface area contributed by atoms with Crippen molar-refractivity contribution in [2.75, 3.05) is 13.1 Å². The molecule has 1 atom stereocenters. The number of hydrogen-bond donors (Lipinski definition) is 0. The summed E-state index contributed by atoms with van der Waals surface area (Å²) in [6, 6.07) is 0. The molecular formula is C12H17F2NO. The van der Waals surface area contributed by atoms with Crippen LogP contribution in [0.3, 0.4) is 0 Å². The fraction of sp³-hybridized carbons (Fsp3) is 0.750. The number of likely N-dealkylation sites (tertiary alicyclic amines) is 1. The third-order valence-corrected chi connectivity index (χ3v) is 3.89. The van der Waals surface area contributed by atoms with E-state index in [-0.39, 0.29) is 12.3 Å². The van der Waals surface area contributed by atoms with Gasteiger partial charge in [-0.25, -0.2) is 8.78 Å². The Kier molecular flexibility index (Phi) is 2.55. The van der Waals surface area contributed by atoms with Crippen LogP contribution in [0.1, 0.15) is 26.2 Å². The molecule has 16 heavy (non-hydrogen) atoms. The van der Waals surface area contributed by atoms with Crippen molar-refractivity contribution < 1.29 is 13.6 Å². The van der Waals surface area contributed by atoms with Gasteiger partial charge in [-0.1, -0.05) is 6.08 Å². The molecular weight excluding hydrogens is 212 g/mol. The van der Waals surface area contributed by atoms with Crippen LogP contribution < -0.4 is 0 Å². The third-order valence-electron chi connectivity index (χ3n) is 3.89. The fourth-order valence-electron chi connectivity index (χ4n) is 2.32. The smallest absolute Gasteiger partial charge is 0.263 e. The number of hydrogen-bond acceptors (Lipinski definition) is 1. The molecule has 1 heterocycles. The van der Waals surface area contributed by atoms with Crippen LogP contribution in [0.2, 0.25) is 0 Å². The van der Waals surface area contributed by atoms with Crippen molar-refractivity contribution in [3.63, 3.8) is 0 Å². The summed E-state index contributed by atoms with van der Waals surface area (Å²) in [5.41, 5.74) is -1.42. The zero-order valence-corrected chi connectivity index (χ0v) is 9.51. The van der Waals surface area contributed by atoms with E-state index >= 15 is 0 Å². The second-order valence-electron chi connectivity index (χ2n) is 5.08. The number of carbonyl (C=O) groups excluding carboxylic acids is 1. The van der Waals surface area contributed by atoms with Crippen molar-refractivity contribution in [2.24, 2.45) is 11.3 Å². The van der Waals surface area contributed by atoms with Crippen LogP contribution in [0, 0.1) is 11.3 Å². The number of carbonyl (C=O) groups is 1. The maximum atomic E-state index is 13.1. The number of amides is 1. The topological polar surface area (TPSA) is 20.3 Å². The first-order valence-corrected chi connectivity index (χ1v) is 5.70. The summed E-state index contributed by atoms with van der Waals surface area (Å²) in [5, 5.41) is 0. The molecule has 1 aliphatic heterocycles. The lowest BCUT2D eigenvalue weighted by Gasteiger charge is -2.32. The summed E-state index contributed by atoms with van der Waals surface area (Å²) in [5.74, 6) is -2.74. The van der Waals surface area contributed by atoms with Gasteiger partial charge in [0.25, 0.3) is 5.92 Å². The summed E-state index contributed by atoms with van der Waals surface area (Å²) >= 11 is 0. The van der Waals surface area contributed by atoms with E-state index in [0.29, 0.717) is 19.0 Å². The van der Waals surface area contributed by atoms with Gasteiger partial charge in [0.05, 0.1) is 0 Å². The minimum absolute atomic E-state index is 0.291. The number of rotatable bonds is 2. The normalized spacial score (nSPS) is 33.6. The Labute approximate surface area is 94.3 Å². The van der Waals surface area contributed by atoms with Crippen LogP contribution in [-0.4, -0.2) is 29.8 Å². The summed E-state index contributed by atoms with van der Waals surface area (Å²) in [7, 11) is 0. The Balaban J connectivity index is 1.96. The fourth-order valence-corrected chi connectivity index (χ4v) is 2.32. The maximum absolute atomic E-state index is 13.1. The molecule has 2 aliphatic rings. The lowest BCUT2D eigenvalue weighted by atomic mass is 9.95. The first-order chi connectivity index (χ1) is 7.40. The second-order valence-corrected chi connectivity index (χ2v) is 5.08. The van der Waals surface area contributed by atoms with Gasteiger partial charge in [0.1, 0.15) is 5.41 Å². The number of piperidine rings is 1. The largest absolute Gasteiger partial charge is 0.342 e. The molecule has 1 saturated heterocycles. The van der Waals surface area contributed by atoms with Gasteiger partial charge < -0.3 is 4.90 Å². The van der Waals surface area contributed by atoms with Crippen molar-refractivity contribution in [2.45, 2.75) is 32.1 Å². The first kappa shape index (κ1) is 11.6. The molecule has 0 aromatic rings.